The smallest absolute Gasteiger partial charge is 0.162 e. The van der Waals surface area contributed by atoms with Crippen molar-refractivity contribution in [3.8, 4) is 11.4 Å². The molecule has 2 atom stereocenters. The number of hydrogen-bond acceptors (Lipinski definition) is 5. The zero-order valence-corrected chi connectivity index (χ0v) is 16.3. The minimum atomic E-state index is -0.968. The molecule has 0 amide bonds. The van der Waals surface area contributed by atoms with Crippen LogP contribution in [-0.4, -0.2) is 40.4 Å². The van der Waals surface area contributed by atoms with Crippen LogP contribution in [0.4, 0.5) is 5.82 Å². The van der Waals surface area contributed by atoms with Crippen LogP contribution in [0.15, 0.2) is 54.6 Å². The molecule has 1 aliphatic rings. The number of benzene rings is 2. The Morgan fingerprint density at radius 1 is 1.11 bits per heavy atom. The predicted molar refractivity (Wildman–Crippen MR) is 112 cm³/mol. The lowest BCUT2D eigenvalue weighted by molar-refractivity contribution is 0.410. The first kappa shape index (κ1) is 18.2. The van der Waals surface area contributed by atoms with Gasteiger partial charge in [0.2, 0.25) is 0 Å². The van der Waals surface area contributed by atoms with Gasteiger partial charge in [-0.1, -0.05) is 42.5 Å². The quantitative estimate of drug-likeness (QED) is 0.688. The van der Waals surface area contributed by atoms with Crippen molar-refractivity contribution in [2.45, 2.75) is 12.8 Å². The van der Waals surface area contributed by atoms with E-state index in [0.29, 0.717) is 5.92 Å². The number of anilines is 1. The highest BCUT2D eigenvalue weighted by Crippen LogP contribution is 2.30. The third-order valence-corrected chi connectivity index (χ3v) is 5.58. The molecule has 1 N–H and O–H groups in total. The summed E-state index contributed by atoms with van der Waals surface area (Å²) in [5.41, 5.74) is 2.00. The summed E-state index contributed by atoms with van der Waals surface area (Å²) in [6, 6.07) is 18.3. The molecule has 0 saturated carbocycles. The Hall–Kier alpha value is -2.15. The largest absolute Gasteiger partial charge is 0.598 e. The molecular formula is C21H24N4OS. The maximum atomic E-state index is 11.4. The number of para-hydroxylation sites is 1. The molecule has 27 heavy (non-hydrogen) atoms. The fourth-order valence-corrected chi connectivity index (χ4v) is 4.15. The van der Waals surface area contributed by atoms with E-state index in [0.717, 1.165) is 60.6 Å². The fraction of sp³-hybridized carbons (Fsp3) is 0.333. The van der Waals surface area contributed by atoms with Crippen LogP contribution in [0.25, 0.3) is 22.3 Å². The molecular weight excluding hydrogens is 356 g/mol. The lowest BCUT2D eigenvalue weighted by Crippen LogP contribution is -2.41. The van der Waals surface area contributed by atoms with Gasteiger partial charge in [-0.3, -0.25) is 0 Å². The highest BCUT2D eigenvalue weighted by Gasteiger charge is 2.24. The van der Waals surface area contributed by atoms with Gasteiger partial charge >= 0.3 is 0 Å². The molecule has 2 unspecified atom stereocenters. The molecule has 0 radical (unpaired) electrons. The average Bonchev–Trinajstić information content (AvgIpc) is 2.72. The monoisotopic (exact) mass is 380 g/mol. The summed E-state index contributed by atoms with van der Waals surface area (Å²) in [4.78, 5) is 12.1. The molecule has 0 spiro atoms. The van der Waals surface area contributed by atoms with Crippen molar-refractivity contribution < 1.29 is 4.55 Å². The maximum absolute atomic E-state index is 11.4. The van der Waals surface area contributed by atoms with Gasteiger partial charge in [-0.2, -0.15) is 0 Å². The van der Waals surface area contributed by atoms with Gasteiger partial charge in [0.15, 0.2) is 5.82 Å². The van der Waals surface area contributed by atoms with Gasteiger partial charge < -0.3 is 9.45 Å². The molecule has 0 bridgehead atoms. The summed E-state index contributed by atoms with van der Waals surface area (Å²) in [5.74, 6) is 2.23. The van der Waals surface area contributed by atoms with E-state index in [2.05, 4.69) is 21.8 Å². The molecule has 1 saturated heterocycles. The number of nitrogens with zero attached hydrogens (tertiary/aromatic N) is 3. The summed E-state index contributed by atoms with van der Waals surface area (Å²) in [7, 11) is 0. The van der Waals surface area contributed by atoms with Crippen LogP contribution in [0.3, 0.4) is 0 Å². The van der Waals surface area contributed by atoms with Crippen LogP contribution in [0.5, 0.6) is 0 Å². The van der Waals surface area contributed by atoms with Crippen LogP contribution < -0.4 is 9.62 Å². The first-order valence-electron chi connectivity index (χ1n) is 9.35. The van der Waals surface area contributed by atoms with E-state index < -0.39 is 11.4 Å². The van der Waals surface area contributed by atoms with Crippen LogP contribution in [0.1, 0.15) is 12.8 Å². The number of fused-ring (bicyclic) bond motifs is 1. The highest BCUT2D eigenvalue weighted by atomic mass is 32.2. The average molecular weight is 381 g/mol. The van der Waals surface area contributed by atoms with Gasteiger partial charge in [0, 0.05) is 41.9 Å². The summed E-state index contributed by atoms with van der Waals surface area (Å²) >= 11 is -0.968. The lowest BCUT2D eigenvalue weighted by Gasteiger charge is -2.34. The molecule has 2 aromatic carbocycles. The molecule has 0 aliphatic carbocycles. The van der Waals surface area contributed by atoms with Gasteiger partial charge in [0.1, 0.15) is 12.1 Å². The van der Waals surface area contributed by atoms with E-state index in [-0.39, 0.29) is 0 Å². The number of nitrogens with one attached hydrogen (secondary N) is 1. The summed E-state index contributed by atoms with van der Waals surface area (Å²) < 4.78 is 14.5. The number of hydrogen-bond donors (Lipinski definition) is 1. The van der Waals surface area contributed by atoms with E-state index in [4.69, 9.17) is 9.97 Å². The van der Waals surface area contributed by atoms with Crippen LogP contribution in [0.2, 0.25) is 0 Å². The van der Waals surface area contributed by atoms with Crippen molar-refractivity contribution in [1.82, 2.24) is 14.7 Å². The van der Waals surface area contributed by atoms with Crippen molar-refractivity contribution >= 4 is 28.1 Å². The van der Waals surface area contributed by atoms with E-state index in [1.807, 2.05) is 42.5 Å². The number of piperidine rings is 1. The van der Waals surface area contributed by atoms with Crippen LogP contribution >= 0.6 is 0 Å². The van der Waals surface area contributed by atoms with Gasteiger partial charge in [-0.05, 0) is 30.9 Å². The Kier molecular flexibility index (Phi) is 5.57. The standard InChI is InChI=1S/C21H24N4OS/c1-27(26)22-14-16-8-7-13-25(15-16)21-18-11-5-6-12-19(18)23-20(24-21)17-9-3-2-4-10-17/h2-6,9-12,16,22H,7-8,13-15H2,1H3. The zero-order valence-electron chi connectivity index (χ0n) is 15.5. The normalized spacial score (nSPS) is 18.6. The van der Waals surface area contributed by atoms with E-state index in [1.165, 1.54) is 0 Å². The molecule has 1 aliphatic heterocycles. The molecule has 2 heterocycles. The third-order valence-electron chi connectivity index (χ3n) is 5.01. The Balaban J connectivity index is 1.69. The topological polar surface area (TPSA) is 64.1 Å². The second-order valence-electron chi connectivity index (χ2n) is 7.01. The van der Waals surface area contributed by atoms with Gasteiger partial charge in [0.25, 0.3) is 0 Å². The first-order valence-corrected chi connectivity index (χ1v) is 10.9. The predicted octanol–water partition coefficient (Wildman–Crippen LogP) is 3.40. The van der Waals surface area contributed by atoms with E-state index in [1.54, 1.807) is 6.26 Å². The highest BCUT2D eigenvalue weighted by molar-refractivity contribution is 7.88. The van der Waals surface area contributed by atoms with Crippen molar-refractivity contribution in [1.29, 1.82) is 0 Å². The SMILES string of the molecule is C[S+]([O-])NCC1CCCN(c2nc(-c3ccccc3)nc3ccccc23)C1. The minimum Gasteiger partial charge on any atom is -0.598 e. The molecule has 140 valence electrons. The second kappa shape index (κ2) is 8.25. The number of aromatic nitrogens is 2. The van der Waals surface area contributed by atoms with Crippen LogP contribution in [-0.2, 0) is 11.4 Å². The fourth-order valence-electron chi connectivity index (χ4n) is 3.68. The summed E-state index contributed by atoms with van der Waals surface area (Å²) in [5, 5.41) is 1.09. The molecule has 6 heteroatoms. The zero-order chi connectivity index (χ0) is 18.6. The third kappa shape index (κ3) is 4.24. The number of rotatable bonds is 5. The van der Waals surface area contributed by atoms with Gasteiger partial charge in [-0.25, -0.2) is 9.97 Å². The summed E-state index contributed by atoms with van der Waals surface area (Å²) in [6.45, 7) is 2.68. The van der Waals surface area contributed by atoms with Crippen LogP contribution in [0, 0.1) is 5.92 Å². The van der Waals surface area contributed by atoms with Crippen molar-refractivity contribution in [3.05, 3.63) is 54.6 Å². The Morgan fingerprint density at radius 2 is 1.89 bits per heavy atom. The molecule has 4 rings (SSSR count). The maximum Gasteiger partial charge on any atom is 0.162 e. The molecule has 5 nitrogen and oxygen atoms in total. The molecule has 1 aromatic heterocycles. The van der Waals surface area contributed by atoms with Crippen molar-refractivity contribution in [2.24, 2.45) is 5.92 Å². The Labute approximate surface area is 163 Å². The Morgan fingerprint density at radius 3 is 2.70 bits per heavy atom. The van der Waals surface area contributed by atoms with Gasteiger partial charge in [0.05, 0.1) is 5.52 Å². The van der Waals surface area contributed by atoms with Crippen molar-refractivity contribution in [2.75, 3.05) is 30.8 Å². The molecule has 3 aromatic rings. The molecule has 1 fully saturated rings. The Bertz CT molecular complexity index is 903. The lowest BCUT2D eigenvalue weighted by atomic mass is 9.98. The van der Waals surface area contributed by atoms with E-state index in [9.17, 15) is 4.55 Å². The minimum absolute atomic E-state index is 0.469. The van der Waals surface area contributed by atoms with Gasteiger partial charge in [-0.15, -0.1) is 4.72 Å². The van der Waals surface area contributed by atoms with Crippen molar-refractivity contribution in [3.63, 3.8) is 0 Å². The van der Waals surface area contributed by atoms with E-state index >= 15 is 0 Å². The summed E-state index contributed by atoms with van der Waals surface area (Å²) in [6.07, 6.45) is 3.95. The second-order valence-corrected chi connectivity index (χ2v) is 8.21. The first-order chi connectivity index (χ1) is 13.2.